The number of nitrogens with zero attached hydrogens (tertiary/aromatic N) is 4. The second kappa shape index (κ2) is 34.8. The quantitative estimate of drug-likeness (QED) is 0.0346. The number of phenolic OH excluding ortho intramolecular Hbond substituents is 2. The van der Waals surface area contributed by atoms with E-state index in [1.165, 1.54) is 105 Å². The van der Waals surface area contributed by atoms with Crippen molar-refractivity contribution in [2.24, 2.45) is 0 Å². The Bertz CT molecular complexity index is 1900. The van der Waals surface area contributed by atoms with Gasteiger partial charge in [-0.3, -0.25) is 0 Å². The van der Waals surface area contributed by atoms with Crippen LogP contribution < -0.4 is 18.3 Å². The molecule has 0 aliphatic rings. The molecule has 4 aromatic heterocycles. The Morgan fingerprint density at radius 3 is 1.19 bits per heavy atom. The highest BCUT2D eigenvalue weighted by atomic mass is 28.4. The average Bonchev–Trinajstić information content (AvgIpc) is 3.36. The topological polar surface area (TPSA) is 83.7 Å². The molecule has 4 heterocycles. The molecule has 0 bridgehead atoms. The van der Waals surface area contributed by atoms with Crippen molar-refractivity contribution in [3.63, 3.8) is 0 Å². The van der Waals surface area contributed by atoms with Crippen LogP contribution in [-0.2, 0) is 39.5 Å². The lowest BCUT2D eigenvalue weighted by molar-refractivity contribution is -0.697. The van der Waals surface area contributed by atoms with Crippen LogP contribution in [-0.4, -0.2) is 40.3 Å². The fourth-order valence-corrected chi connectivity index (χ4v) is 9.51. The molecule has 10 heteroatoms. The minimum atomic E-state index is -2.40. The Kier molecular flexibility index (Phi) is 30.4. The molecular weight excluding hydrogens is 849 g/mol. The number of phenols is 2. The maximum atomic E-state index is 9.36. The van der Waals surface area contributed by atoms with Crippen LogP contribution in [0.1, 0.15) is 165 Å². The molecule has 0 saturated heterocycles. The van der Waals surface area contributed by atoms with Gasteiger partial charge < -0.3 is 23.5 Å². The van der Waals surface area contributed by atoms with E-state index in [1.54, 1.807) is 33.5 Å². The Balaban J connectivity index is 0.000000307. The molecule has 2 unspecified atom stereocenters. The van der Waals surface area contributed by atoms with E-state index in [2.05, 4.69) is 136 Å². The number of aryl methyl sites for hydroxylation is 5. The third kappa shape index (κ3) is 23.4. The Labute approximate surface area is 408 Å². The van der Waals surface area contributed by atoms with Gasteiger partial charge in [-0.1, -0.05) is 80.1 Å². The molecule has 0 aliphatic heterocycles. The van der Waals surface area contributed by atoms with Crippen molar-refractivity contribution in [3.05, 3.63) is 144 Å². The number of aromatic hydroxyl groups is 2. The molecule has 1 aromatic carbocycles. The molecule has 0 amide bonds. The van der Waals surface area contributed by atoms with E-state index < -0.39 is 8.80 Å². The van der Waals surface area contributed by atoms with Crippen LogP contribution in [0.15, 0.2) is 116 Å². The molecule has 0 saturated carbocycles. The SMILES string of the molecule is CCCCC(CC)c1cc[n+](CCCC)cc1.CCCCC(CC)c1cc[n+](CCCC)cc1.CO[Si](CCC[n+]1ccc(C)cc1)(OC)OC.Cc1cc[n+](Cc2ccc(O)c(O)c2)cc1. The summed E-state index contributed by atoms with van der Waals surface area (Å²) in [5.41, 5.74) is 6.48. The van der Waals surface area contributed by atoms with Crippen molar-refractivity contribution >= 4 is 8.80 Å². The molecule has 2 atom stereocenters. The van der Waals surface area contributed by atoms with E-state index >= 15 is 0 Å². The van der Waals surface area contributed by atoms with E-state index in [1.807, 2.05) is 36.0 Å². The average molecular weight is 941 g/mol. The zero-order valence-electron chi connectivity index (χ0n) is 43.8. The van der Waals surface area contributed by atoms with E-state index in [0.29, 0.717) is 6.54 Å². The Morgan fingerprint density at radius 1 is 0.463 bits per heavy atom. The number of hydrogen-bond donors (Lipinski definition) is 2. The summed E-state index contributed by atoms with van der Waals surface area (Å²) in [6, 6.07) is 23.2. The lowest BCUT2D eigenvalue weighted by atomic mass is 9.92. The predicted octanol–water partition coefficient (Wildman–Crippen LogP) is 12.2. The highest BCUT2D eigenvalue weighted by Crippen LogP contribution is 2.26. The number of benzene rings is 1. The molecule has 67 heavy (non-hydrogen) atoms. The highest BCUT2D eigenvalue weighted by Gasteiger charge is 2.37. The number of rotatable bonds is 25. The van der Waals surface area contributed by atoms with Crippen LogP contribution in [0.25, 0.3) is 0 Å². The second-order valence-electron chi connectivity index (χ2n) is 17.8. The first-order valence-corrected chi connectivity index (χ1v) is 27.4. The van der Waals surface area contributed by atoms with Crippen LogP contribution >= 0.6 is 0 Å². The van der Waals surface area contributed by atoms with Gasteiger partial charge in [0, 0.05) is 101 Å². The lowest BCUT2D eigenvalue weighted by Gasteiger charge is -2.23. The summed E-state index contributed by atoms with van der Waals surface area (Å²) in [5, 5.41) is 18.6. The van der Waals surface area contributed by atoms with E-state index in [-0.39, 0.29) is 11.5 Å². The minimum Gasteiger partial charge on any atom is -0.504 e. The lowest BCUT2D eigenvalue weighted by Crippen LogP contribution is -2.44. The Morgan fingerprint density at radius 2 is 0.836 bits per heavy atom. The van der Waals surface area contributed by atoms with E-state index in [0.717, 1.165) is 49.5 Å². The number of hydrogen-bond acceptors (Lipinski definition) is 5. The molecule has 0 radical (unpaired) electrons. The van der Waals surface area contributed by atoms with Gasteiger partial charge >= 0.3 is 8.80 Å². The van der Waals surface area contributed by atoms with E-state index in [4.69, 9.17) is 13.3 Å². The fourth-order valence-electron chi connectivity index (χ4n) is 7.81. The third-order valence-electron chi connectivity index (χ3n) is 12.5. The summed E-state index contributed by atoms with van der Waals surface area (Å²) < 4.78 is 24.9. The van der Waals surface area contributed by atoms with Gasteiger partial charge in [-0.25, -0.2) is 18.3 Å². The minimum absolute atomic E-state index is 0.0785. The van der Waals surface area contributed by atoms with Gasteiger partial charge in [0.2, 0.25) is 0 Å². The third-order valence-corrected chi connectivity index (χ3v) is 15.3. The first kappa shape index (κ1) is 58.6. The molecule has 0 aliphatic carbocycles. The summed E-state index contributed by atoms with van der Waals surface area (Å²) in [7, 11) is 2.56. The Hall–Kier alpha value is -4.48. The summed E-state index contributed by atoms with van der Waals surface area (Å²) in [6.45, 7) is 21.7. The molecular formula is C57H92N4O5Si+4. The van der Waals surface area contributed by atoms with Crippen LogP contribution in [0.2, 0.25) is 6.04 Å². The van der Waals surface area contributed by atoms with Gasteiger partial charge in [-0.2, -0.15) is 0 Å². The molecule has 5 aromatic rings. The smallest absolute Gasteiger partial charge is 0.500 e. The van der Waals surface area contributed by atoms with Gasteiger partial charge in [0.25, 0.3) is 0 Å². The van der Waals surface area contributed by atoms with E-state index in [9.17, 15) is 10.2 Å². The molecule has 0 spiro atoms. The molecule has 2 N–H and O–H groups in total. The van der Waals surface area contributed by atoms with Crippen molar-refractivity contribution in [2.45, 2.75) is 183 Å². The molecule has 370 valence electrons. The molecule has 0 fully saturated rings. The number of pyridine rings is 4. The van der Waals surface area contributed by atoms with Gasteiger partial charge in [-0.05, 0) is 91.8 Å². The maximum Gasteiger partial charge on any atom is 0.500 e. The predicted molar refractivity (Wildman–Crippen MR) is 276 cm³/mol. The van der Waals surface area contributed by atoms with Crippen molar-refractivity contribution in [2.75, 3.05) is 21.3 Å². The molecule has 9 nitrogen and oxygen atoms in total. The van der Waals surface area contributed by atoms with Crippen LogP contribution in [0, 0.1) is 13.8 Å². The van der Waals surface area contributed by atoms with Crippen molar-refractivity contribution in [3.8, 4) is 11.5 Å². The summed E-state index contributed by atoms with van der Waals surface area (Å²) in [6.07, 6.45) is 33.7. The largest absolute Gasteiger partial charge is 0.504 e. The first-order chi connectivity index (χ1) is 32.4. The molecule has 5 rings (SSSR count). The number of unbranched alkanes of at least 4 members (excludes halogenated alkanes) is 4. The fraction of sp³-hybridized carbons (Fsp3) is 0.544. The highest BCUT2D eigenvalue weighted by molar-refractivity contribution is 6.60. The van der Waals surface area contributed by atoms with Crippen molar-refractivity contribution in [1.82, 2.24) is 0 Å². The number of aromatic nitrogens is 4. The maximum absolute atomic E-state index is 9.36. The van der Waals surface area contributed by atoms with Gasteiger partial charge in [0.1, 0.15) is 19.6 Å². The van der Waals surface area contributed by atoms with Crippen LogP contribution in [0.3, 0.4) is 0 Å². The monoisotopic (exact) mass is 941 g/mol. The summed E-state index contributed by atoms with van der Waals surface area (Å²) in [5.74, 6) is 1.36. The summed E-state index contributed by atoms with van der Waals surface area (Å²) >= 11 is 0. The normalized spacial score (nSPS) is 11.9. The second-order valence-corrected chi connectivity index (χ2v) is 20.9. The first-order valence-electron chi connectivity index (χ1n) is 25.5. The van der Waals surface area contributed by atoms with Crippen LogP contribution in [0.5, 0.6) is 11.5 Å². The van der Waals surface area contributed by atoms with Crippen molar-refractivity contribution < 1.29 is 41.8 Å². The zero-order chi connectivity index (χ0) is 49.3. The van der Waals surface area contributed by atoms with Crippen LogP contribution in [0.4, 0.5) is 0 Å². The van der Waals surface area contributed by atoms with Gasteiger partial charge in [0.15, 0.2) is 67.6 Å². The van der Waals surface area contributed by atoms with Crippen molar-refractivity contribution in [1.29, 1.82) is 0 Å². The van der Waals surface area contributed by atoms with Gasteiger partial charge in [-0.15, -0.1) is 0 Å². The van der Waals surface area contributed by atoms with Gasteiger partial charge in [0.05, 0.1) is 0 Å². The standard InChI is InChI=1S/2C16H28N.C13H13NO2.C12H22NO3Si/c2*1-4-7-9-15(6-3)16-10-13-17(14-11-16)12-8-5-2;1-10-4-6-14(7-5-10)9-11-2-3-12(15)13(16)8-11;1-12-6-9-13(10-7-12)8-5-11-17(14-2,15-3)16-4/h2*10-11,13-15H,4-9,12H2,1-3H3;2-8H,9H2,1H3,(H-,15,16);6-7,9-10H,5,8,11H2,1-4H3/q2*+1;;+1/p+1. The zero-order valence-corrected chi connectivity index (χ0v) is 44.8. The summed E-state index contributed by atoms with van der Waals surface area (Å²) in [4.78, 5) is 0.